The highest BCUT2D eigenvalue weighted by Gasteiger charge is 2.28. The van der Waals surface area contributed by atoms with Crippen LogP contribution < -0.4 is 0 Å². The number of rotatable bonds is 2. The monoisotopic (exact) mass is 325 g/mol. The smallest absolute Gasteiger partial charge is 0.291 e. The van der Waals surface area contributed by atoms with Gasteiger partial charge in [0.1, 0.15) is 0 Å². The van der Waals surface area contributed by atoms with Gasteiger partial charge in [-0.25, -0.2) is 14.5 Å². The fraction of sp³-hybridized carbons (Fsp3) is 0.412. The second kappa shape index (κ2) is 5.74. The Balaban J connectivity index is 1.47. The average Bonchev–Trinajstić information content (AvgIpc) is 3.18. The van der Waals surface area contributed by atoms with E-state index in [9.17, 15) is 4.79 Å². The number of likely N-dealkylation sites (tertiary alicyclic amines) is 1. The molecule has 7 nitrogen and oxygen atoms in total. The first-order valence-corrected chi connectivity index (χ1v) is 8.14. The molecule has 124 valence electrons. The molecule has 0 spiro atoms. The molecule has 24 heavy (non-hydrogen) atoms. The van der Waals surface area contributed by atoms with Gasteiger partial charge in [-0.1, -0.05) is 0 Å². The van der Waals surface area contributed by atoms with Crippen LogP contribution in [-0.4, -0.2) is 43.5 Å². The van der Waals surface area contributed by atoms with E-state index >= 15 is 0 Å². The van der Waals surface area contributed by atoms with Crippen molar-refractivity contribution in [3.05, 3.63) is 47.6 Å². The molecule has 0 aliphatic carbocycles. The molecule has 1 aliphatic heterocycles. The van der Waals surface area contributed by atoms with Gasteiger partial charge < -0.3 is 9.32 Å². The summed E-state index contributed by atoms with van der Waals surface area (Å²) in [4.78, 5) is 23.0. The van der Waals surface area contributed by atoms with Gasteiger partial charge in [0, 0.05) is 37.0 Å². The predicted molar refractivity (Wildman–Crippen MR) is 86.8 cm³/mol. The summed E-state index contributed by atoms with van der Waals surface area (Å²) in [7, 11) is 0. The third-order valence-corrected chi connectivity index (χ3v) is 4.61. The molecule has 3 aromatic heterocycles. The van der Waals surface area contributed by atoms with Gasteiger partial charge in [0.2, 0.25) is 5.76 Å². The van der Waals surface area contributed by atoms with Crippen molar-refractivity contribution in [1.82, 2.24) is 24.5 Å². The van der Waals surface area contributed by atoms with Gasteiger partial charge in [0.15, 0.2) is 12.0 Å². The van der Waals surface area contributed by atoms with Crippen molar-refractivity contribution in [3.63, 3.8) is 0 Å². The Labute approximate surface area is 139 Å². The first-order chi connectivity index (χ1) is 11.6. The number of fused-ring (bicyclic) bond motifs is 1. The number of hydrogen-bond donors (Lipinski definition) is 0. The van der Waals surface area contributed by atoms with Crippen molar-refractivity contribution in [2.75, 3.05) is 13.1 Å². The van der Waals surface area contributed by atoms with Crippen LogP contribution >= 0.6 is 0 Å². The molecule has 4 rings (SSSR count). The maximum absolute atomic E-state index is 12.5. The minimum Gasteiger partial charge on any atom is -0.438 e. The number of aromatic nitrogens is 4. The van der Waals surface area contributed by atoms with Crippen molar-refractivity contribution in [3.8, 4) is 0 Å². The minimum atomic E-state index is -0.0710. The van der Waals surface area contributed by atoms with E-state index in [0.29, 0.717) is 30.5 Å². The van der Waals surface area contributed by atoms with E-state index in [4.69, 9.17) is 9.40 Å². The molecule has 3 aromatic rings. The third-order valence-electron chi connectivity index (χ3n) is 4.61. The SMILES string of the molecule is Cc1cc2nc(C3CCN(C(=O)c4ocnc4C)CC3)ccn2n1. The van der Waals surface area contributed by atoms with Crippen LogP contribution in [-0.2, 0) is 0 Å². The Morgan fingerprint density at radius 3 is 2.79 bits per heavy atom. The molecule has 0 N–H and O–H groups in total. The minimum absolute atomic E-state index is 0.0710. The van der Waals surface area contributed by atoms with Crippen molar-refractivity contribution < 1.29 is 9.21 Å². The number of nitrogens with zero attached hydrogens (tertiary/aromatic N) is 5. The van der Waals surface area contributed by atoms with E-state index in [1.807, 2.05) is 30.2 Å². The van der Waals surface area contributed by atoms with E-state index in [1.54, 1.807) is 11.4 Å². The van der Waals surface area contributed by atoms with Crippen molar-refractivity contribution in [2.24, 2.45) is 0 Å². The average molecular weight is 325 g/mol. The Kier molecular flexibility index (Phi) is 3.55. The van der Waals surface area contributed by atoms with Gasteiger partial charge in [-0.3, -0.25) is 4.79 Å². The van der Waals surface area contributed by atoms with Crippen LogP contribution in [0.15, 0.2) is 29.1 Å². The fourth-order valence-corrected chi connectivity index (χ4v) is 3.27. The zero-order valence-corrected chi connectivity index (χ0v) is 13.8. The molecule has 0 radical (unpaired) electrons. The quantitative estimate of drug-likeness (QED) is 0.723. The first-order valence-electron chi connectivity index (χ1n) is 8.14. The number of carbonyl (C=O) groups is 1. The summed E-state index contributed by atoms with van der Waals surface area (Å²) >= 11 is 0. The van der Waals surface area contributed by atoms with Gasteiger partial charge >= 0.3 is 0 Å². The summed E-state index contributed by atoms with van der Waals surface area (Å²) in [5, 5.41) is 4.36. The lowest BCUT2D eigenvalue weighted by atomic mass is 9.93. The van der Waals surface area contributed by atoms with E-state index in [0.717, 1.165) is 29.9 Å². The lowest BCUT2D eigenvalue weighted by molar-refractivity contribution is 0.0679. The first kappa shape index (κ1) is 14.9. The van der Waals surface area contributed by atoms with Gasteiger partial charge in [-0.05, 0) is 32.8 Å². The van der Waals surface area contributed by atoms with Crippen LogP contribution in [0.5, 0.6) is 0 Å². The summed E-state index contributed by atoms with van der Waals surface area (Å²) in [5.41, 5.74) is 3.55. The highest BCUT2D eigenvalue weighted by atomic mass is 16.3. The van der Waals surface area contributed by atoms with Crippen LogP contribution in [0.3, 0.4) is 0 Å². The second-order valence-corrected chi connectivity index (χ2v) is 6.27. The van der Waals surface area contributed by atoms with Crippen LogP contribution in [0.4, 0.5) is 0 Å². The van der Waals surface area contributed by atoms with E-state index < -0.39 is 0 Å². The van der Waals surface area contributed by atoms with Gasteiger partial charge in [0.05, 0.1) is 11.4 Å². The van der Waals surface area contributed by atoms with Crippen LogP contribution in [0.1, 0.15) is 46.4 Å². The van der Waals surface area contributed by atoms with Crippen LogP contribution in [0, 0.1) is 13.8 Å². The Hall–Kier alpha value is -2.70. The topological polar surface area (TPSA) is 76.5 Å². The molecule has 1 aliphatic rings. The number of carbonyl (C=O) groups excluding carboxylic acids is 1. The lowest BCUT2D eigenvalue weighted by Crippen LogP contribution is -2.38. The molecule has 1 saturated heterocycles. The predicted octanol–water partition coefficient (Wildman–Crippen LogP) is 2.35. The number of oxazole rings is 1. The van der Waals surface area contributed by atoms with E-state index in [-0.39, 0.29) is 5.91 Å². The molecule has 1 amide bonds. The number of amides is 1. The van der Waals surface area contributed by atoms with E-state index in [2.05, 4.69) is 10.1 Å². The van der Waals surface area contributed by atoms with Gasteiger partial charge in [-0.15, -0.1) is 0 Å². The molecule has 1 fully saturated rings. The summed E-state index contributed by atoms with van der Waals surface area (Å²) in [6.45, 7) is 5.16. The second-order valence-electron chi connectivity index (χ2n) is 6.27. The lowest BCUT2D eigenvalue weighted by Gasteiger charge is -2.31. The Morgan fingerprint density at radius 2 is 2.08 bits per heavy atom. The van der Waals surface area contributed by atoms with Crippen LogP contribution in [0.2, 0.25) is 0 Å². The maximum atomic E-state index is 12.5. The highest BCUT2D eigenvalue weighted by molar-refractivity contribution is 5.92. The number of piperidine rings is 1. The Bertz CT molecular complexity index is 889. The van der Waals surface area contributed by atoms with Gasteiger partial charge in [-0.2, -0.15) is 5.10 Å². The summed E-state index contributed by atoms with van der Waals surface area (Å²) < 4.78 is 7.01. The van der Waals surface area contributed by atoms with Crippen molar-refractivity contribution >= 4 is 11.6 Å². The molecule has 7 heteroatoms. The van der Waals surface area contributed by atoms with Gasteiger partial charge in [0.25, 0.3) is 5.91 Å². The standard InChI is InChI=1S/C17H19N5O2/c1-11-9-15-19-14(5-8-22(15)20-11)13-3-6-21(7-4-13)17(23)16-12(2)18-10-24-16/h5,8-10,13H,3-4,6-7H2,1-2H3. The molecule has 4 heterocycles. The number of aryl methyl sites for hydroxylation is 2. The fourth-order valence-electron chi connectivity index (χ4n) is 3.27. The molecule has 0 atom stereocenters. The Morgan fingerprint density at radius 1 is 1.29 bits per heavy atom. The molecule has 0 saturated carbocycles. The largest absolute Gasteiger partial charge is 0.438 e. The zero-order chi connectivity index (χ0) is 16.7. The summed E-state index contributed by atoms with van der Waals surface area (Å²) in [6, 6.07) is 4.01. The molecular weight excluding hydrogens is 306 g/mol. The maximum Gasteiger partial charge on any atom is 0.291 e. The molecule has 0 unspecified atom stereocenters. The molecule has 0 bridgehead atoms. The highest BCUT2D eigenvalue weighted by Crippen LogP contribution is 2.28. The third kappa shape index (κ3) is 2.55. The van der Waals surface area contributed by atoms with Crippen LogP contribution in [0.25, 0.3) is 5.65 Å². The summed E-state index contributed by atoms with van der Waals surface area (Å²) in [5.74, 6) is 0.645. The molecular formula is C17H19N5O2. The van der Waals surface area contributed by atoms with Crippen molar-refractivity contribution in [2.45, 2.75) is 32.6 Å². The summed E-state index contributed by atoms with van der Waals surface area (Å²) in [6.07, 6.45) is 5.08. The zero-order valence-electron chi connectivity index (χ0n) is 13.8. The van der Waals surface area contributed by atoms with Crippen molar-refractivity contribution in [1.29, 1.82) is 0 Å². The normalized spacial score (nSPS) is 16.0. The molecule has 0 aromatic carbocycles. The van der Waals surface area contributed by atoms with E-state index in [1.165, 1.54) is 6.39 Å². The number of hydrogen-bond acceptors (Lipinski definition) is 5.